The van der Waals surface area contributed by atoms with Gasteiger partial charge in [-0.15, -0.1) is 11.3 Å². The minimum atomic E-state index is -0.322. The molecule has 4 nitrogen and oxygen atoms in total. The average molecular weight is 493 g/mol. The first-order valence-electron chi connectivity index (χ1n) is 10.9. The van der Waals surface area contributed by atoms with Crippen LogP contribution in [0.15, 0.2) is 48.5 Å². The minimum Gasteiger partial charge on any atom is -0.370 e. The first-order valence-corrected chi connectivity index (χ1v) is 12.4. The molecular formula is C25H31Cl2N3OS. The van der Waals surface area contributed by atoms with Crippen molar-refractivity contribution < 1.29 is 4.79 Å². The summed E-state index contributed by atoms with van der Waals surface area (Å²) in [6, 6.07) is 15.7. The lowest BCUT2D eigenvalue weighted by Gasteiger charge is -2.21. The molecule has 1 aromatic heterocycles. The molecule has 1 amide bonds. The summed E-state index contributed by atoms with van der Waals surface area (Å²) in [6.45, 7) is 9.54. The van der Waals surface area contributed by atoms with Crippen LogP contribution < -0.4 is 10.6 Å². The number of rotatable bonds is 9. The molecule has 0 bridgehead atoms. The molecule has 0 fully saturated rings. The normalized spacial score (nSPS) is 10.6. The van der Waals surface area contributed by atoms with Crippen molar-refractivity contribution in [2.24, 2.45) is 11.7 Å². The summed E-state index contributed by atoms with van der Waals surface area (Å²) in [7, 11) is 0. The number of aromatic nitrogens is 1. The van der Waals surface area contributed by atoms with Crippen molar-refractivity contribution in [2.75, 3.05) is 11.4 Å². The van der Waals surface area contributed by atoms with E-state index >= 15 is 0 Å². The van der Waals surface area contributed by atoms with Crippen LogP contribution in [0.4, 0.5) is 5.13 Å². The van der Waals surface area contributed by atoms with E-state index < -0.39 is 0 Å². The van der Waals surface area contributed by atoms with E-state index in [1.165, 1.54) is 4.88 Å². The Hall–Kier alpha value is -2.08. The Labute approximate surface area is 205 Å². The van der Waals surface area contributed by atoms with Gasteiger partial charge >= 0.3 is 0 Å². The van der Waals surface area contributed by atoms with Gasteiger partial charge in [-0.1, -0.05) is 87.3 Å². The lowest BCUT2D eigenvalue weighted by Crippen LogP contribution is -2.27. The van der Waals surface area contributed by atoms with Crippen molar-refractivity contribution in [3.63, 3.8) is 0 Å². The van der Waals surface area contributed by atoms with E-state index in [0.717, 1.165) is 28.4 Å². The maximum atomic E-state index is 11.4. The number of anilines is 1. The van der Waals surface area contributed by atoms with Crippen LogP contribution in [0.3, 0.4) is 0 Å². The van der Waals surface area contributed by atoms with Crippen LogP contribution in [0.2, 0.25) is 10.0 Å². The average Bonchev–Trinajstić information content (AvgIpc) is 3.18. The van der Waals surface area contributed by atoms with E-state index in [1.807, 2.05) is 44.2 Å². The summed E-state index contributed by atoms with van der Waals surface area (Å²) >= 11 is 14.0. The van der Waals surface area contributed by atoms with Gasteiger partial charge in [-0.25, -0.2) is 4.98 Å². The van der Waals surface area contributed by atoms with E-state index in [0.29, 0.717) is 29.1 Å². The molecule has 2 N–H and O–H groups in total. The fraction of sp³-hybridized carbons (Fsp3) is 0.360. The van der Waals surface area contributed by atoms with Crippen LogP contribution >= 0.6 is 34.5 Å². The number of primary amides is 1. The van der Waals surface area contributed by atoms with Gasteiger partial charge in [-0.05, 0) is 30.0 Å². The molecule has 0 aliphatic heterocycles. The molecule has 0 unspecified atom stereocenters. The van der Waals surface area contributed by atoms with Gasteiger partial charge in [-0.3, -0.25) is 4.79 Å². The van der Waals surface area contributed by atoms with E-state index in [4.69, 9.17) is 33.9 Å². The third-order valence-electron chi connectivity index (χ3n) is 4.59. The monoisotopic (exact) mass is 491 g/mol. The molecule has 7 heteroatoms. The largest absolute Gasteiger partial charge is 0.370 e. The van der Waals surface area contributed by atoms with Gasteiger partial charge in [-0.2, -0.15) is 0 Å². The zero-order valence-electron chi connectivity index (χ0n) is 19.1. The second kappa shape index (κ2) is 12.8. The predicted octanol–water partition coefficient (Wildman–Crippen LogP) is 7.22. The van der Waals surface area contributed by atoms with E-state index in [9.17, 15) is 4.79 Å². The molecular weight excluding hydrogens is 461 g/mol. The quantitative estimate of drug-likeness (QED) is 0.343. The predicted molar refractivity (Wildman–Crippen MR) is 139 cm³/mol. The van der Waals surface area contributed by atoms with Crippen molar-refractivity contribution in [2.45, 2.75) is 47.1 Å². The summed E-state index contributed by atoms with van der Waals surface area (Å²) in [4.78, 5) is 19.7. The molecule has 0 aliphatic rings. The van der Waals surface area contributed by atoms with Crippen LogP contribution in [0.25, 0.3) is 11.3 Å². The minimum absolute atomic E-state index is 0.272. The number of nitrogens with zero attached hydrogens (tertiary/aromatic N) is 2. The third kappa shape index (κ3) is 7.51. The summed E-state index contributed by atoms with van der Waals surface area (Å²) in [6.07, 6.45) is 1.18. The molecule has 32 heavy (non-hydrogen) atoms. The van der Waals surface area contributed by atoms with Crippen molar-refractivity contribution >= 4 is 45.6 Å². The number of carbonyl (C=O) groups is 1. The van der Waals surface area contributed by atoms with Gasteiger partial charge in [0.15, 0.2) is 5.13 Å². The Morgan fingerprint density at radius 1 is 1.09 bits per heavy atom. The van der Waals surface area contributed by atoms with Crippen molar-refractivity contribution in [1.82, 2.24) is 4.98 Å². The Morgan fingerprint density at radius 2 is 1.78 bits per heavy atom. The van der Waals surface area contributed by atoms with Crippen molar-refractivity contribution in [3.05, 3.63) is 69.0 Å². The van der Waals surface area contributed by atoms with E-state index in [1.54, 1.807) is 17.4 Å². The number of thiazole rings is 1. The zero-order chi connectivity index (χ0) is 23.7. The highest BCUT2D eigenvalue weighted by atomic mass is 35.5. The Balaban J connectivity index is 0.00000176. The standard InChI is InChI=1S/C23H25Cl2N3OS.C2H6/c1-15(2)12-20-22(17-8-9-18(24)19(25)13-17)27-23(30-20)28(11-10-21(26)29)14-16-6-4-3-5-7-16;1-2/h3-9,13,15H,10-12,14H2,1-2H3,(H2,26,29);1-2H3. The number of halogens is 2. The number of carbonyl (C=O) groups excluding carboxylic acids is 1. The zero-order valence-corrected chi connectivity index (χ0v) is 21.4. The number of hydrogen-bond acceptors (Lipinski definition) is 4. The van der Waals surface area contributed by atoms with E-state index in [-0.39, 0.29) is 12.3 Å². The summed E-state index contributed by atoms with van der Waals surface area (Å²) in [5.74, 6) is 0.157. The van der Waals surface area contributed by atoms with Gasteiger partial charge < -0.3 is 10.6 Å². The maximum absolute atomic E-state index is 11.4. The SMILES string of the molecule is CC.CC(C)Cc1sc(N(CCC(N)=O)Cc2ccccc2)nc1-c1ccc(Cl)c(Cl)c1. The second-order valence-corrected chi connectivity index (χ2v) is 9.50. The van der Waals surface area contributed by atoms with Crippen LogP contribution in [0.1, 0.15) is 44.6 Å². The molecule has 0 radical (unpaired) electrons. The first kappa shape index (κ1) is 26.2. The molecule has 3 aromatic rings. The van der Waals surface area contributed by atoms with Gasteiger partial charge in [0.1, 0.15) is 0 Å². The van der Waals surface area contributed by atoms with Crippen molar-refractivity contribution in [3.8, 4) is 11.3 Å². The van der Waals surface area contributed by atoms with Crippen LogP contribution in [0, 0.1) is 5.92 Å². The van der Waals surface area contributed by atoms with Gasteiger partial charge in [0.05, 0.1) is 15.7 Å². The summed E-state index contributed by atoms with van der Waals surface area (Å²) < 4.78 is 0. The van der Waals surface area contributed by atoms with Crippen molar-refractivity contribution in [1.29, 1.82) is 0 Å². The van der Waals surface area contributed by atoms with Crippen LogP contribution in [-0.4, -0.2) is 17.4 Å². The molecule has 3 rings (SSSR count). The lowest BCUT2D eigenvalue weighted by molar-refractivity contribution is -0.117. The van der Waals surface area contributed by atoms with Crippen LogP contribution in [-0.2, 0) is 17.8 Å². The Morgan fingerprint density at radius 3 is 2.38 bits per heavy atom. The lowest BCUT2D eigenvalue weighted by atomic mass is 10.0. The van der Waals surface area contributed by atoms with Gasteiger partial charge in [0.25, 0.3) is 0 Å². The topological polar surface area (TPSA) is 59.2 Å². The van der Waals surface area contributed by atoms with Gasteiger partial charge in [0, 0.05) is 30.0 Å². The highest BCUT2D eigenvalue weighted by molar-refractivity contribution is 7.16. The highest BCUT2D eigenvalue weighted by Crippen LogP contribution is 2.37. The number of benzene rings is 2. The molecule has 0 atom stereocenters. The Bertz CT molecular complexity index is 1010. The second-order valence-electron chi connectivity index (χ2n) is 7.62. The molecule has 0 spiro atoms. The summed E-state index contributed by atoms with van der Waals surface area (Å²) in [5, 5.41) is 1.90. The number of nitrogens with two attached hydrogens (primary N) is 1. The fourth-order valence-corrected chi connectivity index (χ4v) is 4.76. The Kier molecular flexibility index (Phi) is 10.5. The van der Waals surface area contributed by atoms with E-state index in [2.05, 4.69) is 30.9 Å². The first-order chi connectivity index (χ1) is 15.3. The smallest absolute Gasteiger partial charge is 0.219 e. The molecule has 0 saturated heterocycles. The summed E-state index contributed by atoms with van der Waals surface area (Å²) in [5.41, 5.74) is 8.43. The molecule has 172 valence electrons. The molecule has 2 aromatic carbocycles. The molecule has 1 heterocycles. The van der Waals surface area contributed by atoms with Gasteiger partial charge in [0.2, 0.25) is 5.91 Å². The number of hydrogen-bond donors (Lipinski definition) is 1. The fourth-order valence-electron chi connectivity index (χ4n) is 3.14. The molecule has 0 saturated carbocycles. The highest BCUT2D eigenvalue weighted by Gasteiger charge is 2.20. The molecule has 0 aliphatic carbocycles. The van der Waals surface area contributed by atoms with Crippen LogP contribution in [0.5, 0.6) is 0 Å². The third-order valence-corrected chi connectivity index (χ3v) is 6.47. The maximum Gasteiger partial charge on any atom is 0.219 e. The number of amides is 1.